The molecule has 2 heterocycles. The largest absolute Gasteiger partial charge is 0.506 e. The van der Waals surface area contributed by atoms with Crippen molar-refractivity contribution in [3.8, 4) is 0 Å². The van der Waals surface area contributed by atoms with E-state index in [2.05, 4.69) is 4.99 Å². The maximum absolute atomic E-state index is 13.5. The fraction of sp³-hybridized carbons (Fsp3) is 0.240. The van der Waals surface area contributed by atoms with Crippen LogP contribution < -0.4 is 4.90 Å². The van der Waals surface area contributed by atoms with Crippen LogP contribution in [0.2, 0.25) is 0 Å². The Hall–Kier alpha value is -4.28. The van der Waals surface area contributed by atoms with Crippen LogP contribution >= 0.6 is 0 Å². The number of aliphatic hydroxyl groups is 1. The number of Topliss-reactive ketones (excluding diaryl/α,β-unsaturated/α-hetero) is 1. The smallest absolute Gasteiger partial charge is 0.416 e. The fourth-order valence-electron chi connectivity index (χ4n) is 4.83. The molecule has 8 nitrogen and oxygen atoms in total. The van der Waals surface area contributed by atoms with Crippen molar-refractivity contribution in [2.24, 2.45) is 16.8 Å². The molecule has 0 bridgehead atoms. The quantitative estimate of drug-likeness (QED) is 0.511. The number of halogens is 3. The number of fused-ring (bicyclic) bond motifs is 2. The highest BCUT2D eigenvalue weighted by Gasteiger charge is 2.61. The van der Waals surface area contributed by atoms with Gasteiger partial charge in [0.1, 0.15) is 5.76 Å². The number of carbonyl (C=O) groups excluding carboxylic acids is 4. The first kappa shape index (κ1) is 23.5. The molecule has 3 atom stereocenters. The fourth-order valence-corrected chi connectivity index (χ4v) is 4.83. The molecule has 184 valence electrons. The lowest BCUT2D eigenvalue weighted by atomic mass is 9.85. The molecule has 2 aliphatic heterocycles. The van der Waals surface area contributed by atoms with Crippen molar-refractivity contribution in [1.29, 1.82) is 0 Å². The van der Waals surface area contributed by atoms with Crippen molar-refractivity contribution >= 4 is 40.7 Å². The molecule has 2 aromatic carbocycles. The Bertz CT molecular complexity index is 1410. The highest BCUT2D eigenvalue weighted by molar-refractivity contribution is 6.42. The Kier molecular flexibility index (Phi) is 5.31. The predicted molar refractivity (Wildman–Crippen MR) is 119 cm³/mol. The van der Waals surface area contributed by atoms with E-state index < -0.39 is 58.9 Å². The van der Waals surface area contributed by atoms with Crippen LogP contribution in [0.1, 0.15) is 28.4 Å². The zero-order valence-corrected chi connectivity index (χ0v) is 18.6. The zero-order chi connectivity index (χ0) is 25.9. The Balaban J connectivity index is 1.62. The number of allylic oxidation sites excluding steroid dienone is 1. The van der Waals surface area contributed by atoms with E-state index in [0.29, 0.717) is 11.0 Å². The number of aliphatic imine (C=N–C) groups is 1. The summed E-state index contributed by atoms with van der Waals surface area (Å²) in [6, 6.07) is 8.26. The average molecular weight is 498 g/mol. The Morgan fingerprint density at radius 2 is 1.75 bits per heavy atom. The third-order valence-corrected chi connectivity index (χ3v) is 6.37. The Morgan fingerprint density at radius 3 is 2.39 bits per heavy atom. The number of ether oxygens (including phenoxy) is 1. The van der Waals surface area contributed by atoms with E-state index >= 15 is 0 Å². The second-order valence-corrected chi connectivity index (χ2v) is 8.37. The predicted octanol–water partition coefficient (Wildman–Crippen LogP) is 3.36. The topological polar surface area (TPSA) is 113 Å². The van der Waals surface area contributed by atoms with Crippen molar-refractivity contribution in [1.82, 2.24) is 0 Å². The summed E-state index contributed by atoms with van der Waals surface area (Å²) in [6.07, 6.45) is -4.73. The molecule has 1 fully saturated rings. The van der Waals surface area contributed by atoms with E-state index in [0.717, 1.165) is 18.2 Å². The molecule has 2 amide bonds. The van der Waals surface area contributed by atoms with Gasteiger partial charge in [-0.15, -0.1) is 0 Å². The number of benzene rings is 2. The summed E-state index contributed by atoms with van der Waals surface area (Å²) < 4.78 is 44.8. The molecule has 36 heavy (non-hydrogen) atoms. The SMILES string of the molecule is CCOC(=O)[C@@H]1N=C(C2=C(O)c3ccccc3C2=O)[C@H]2C(=O)N(c3cccc(C(F)(F)F)c3)C(=O)[C@@H]21. The van der Waals surface area contributed by atoms with Gasteiger partial charge in [-0.2, -0.15) is 13.2 Å². The van der Waals surface area contributed by atoms with Gasteiger partial charge in [0.05, 0.1) is 41.0 Å². The molecule has 5 rings (SSSR count). The van der Waals surface area contributed by atoms with Crippen molar-refractivity contribution in [3.63, 3.8) is 0 Å². The molecule has 11 heteroatoms. The molecule has 0 saturated carbocycles. The molecule has 2 aromatic rings. The number of hydrogen-bond acceptors (Lipinski definition) is 7. The van der Waals surface area contributed by atoms with Gasteiger partial charge in [-0.1, -0.05) is 30.3 Å². The van der Waals surface area contributed by atoms with Crippen LogP contribution in [0.25, 0.3) is 5.76 Å². The lowest BCUT2D eigenvalue weighted by Crippen LogP contribution is -2.36. The molecular formula is C25H17F3N2O6. The first-order chi connectivity index (χ1) is 17.1. The van der Waals surface area contributed by atoms with E-state index in [4.69, 9.17) is 4.74 Å². The van der Waals surface area contributed by atoms with Crippen LogP contribution in [0, 0.1) is 11.8 Å². The summed E-state index contributed by atoms with van der Waals surface area (Å²) >= 11 is 0. The van der Waals surface area contributed by atoms with Gasteiger partial charge in [0.25, 0.3) is 0 Å². The van der Waals surface area contributed by atoms with E-state index in [-0.39, 0.29) is 34.7 Å². The maximum Gasteiger partial charge on any atom is 0.416 e. The molecule has 0 aromatic heterocycles. The monoisotopic (exact) mass is 498 g/mol. The van der Waals surface area contributed by atoms with Gasteiger partial charge in [-0.25, -0.2) is 9.69 Å². The van der Waals surface area contributed by atoms with Crippen LogP contribution in [0.5, 0.6) is 0 Å². The third kappa shape index (κ3) is 3.34. The molecule has 1 saturated heterocycles. The summed E-state index contributed by atoms with van der Waals surface area (Å²) in [5.41, 5.74) is -1.67. The number of imide groups is 1. The Morgan fingerprint density at radius 1 is 1.06 bits per heavy atom. The minimum atomic E-state index is -4.73. The lowest BCUT2D eigenvalue weighted by Gasteiger charge is -2.19. The van der Waals surface area contributed by atoms with E-state index in [1.54, 1.807) is 12.1 Å². The molecule has 1 N–H and O–H groups in total. The zero-order valence-electron chi connectivity index (χ0n) is 18.6. The number of nitrogens with zero attached hydrogens (tertiary/aromatic N) is 2. The van der Waals surface area contributed by atoms with Gasteiger partial charge in [-0.3, -0.25) is 19.4 Å². The maximum atomic E-state index is 13.5. The summed E-state index contributed by atoms with van der Waals surface area (Å²) in [6.45, 7) is 1.46. The number of ketones is 1. The molecule has 0 spiro atoms. The second kappa shape index (κ2) is 8.14. The van der Waals surface area contributed by atoms with E-state index in [9.17, 15) is 37.5 Å². The standard InChI is InChI=1S/C25H17F3N2O6/c1-2-36-24(35)19-16-15(18(29-19)17-20(31)13-8-3-4-9-14(13)21(17)32)22(33)30(23(16)34)12-7-5-6-11(10-12)25(26,27)28/h3-10,15-16,19,31H,2H2,1H3/t15-,16-,19+/m0/s1. The number of rotatable bonds is 4. The van der Waals surface area contributed by atoms with Gasteiger partial charge in [0.15, 0.2) is 11.8 Å². The van der Waals surface area contributed by atoms with Gasteiger partial charge in [-0.05, 0) is 25.1 Å². The average Bonchev–Trinajstić information content (AvgIpc) is 3.43. The molecule has 0 unspecified atom stereocenters. The first-order valence-electron chi connectivity index (χ1n) is 10.9. The summed E-state index contributed by atoms with van der Waals surface area (Å²) in [5, 5.41) is 10.8. The molecular weight excluding hydrogens is 481 g/mol. The van der Waals surface area contributed by atoms with Gasteiger partial charge >= 0.3 is 12.1 Å². The number of alkyl halides is 3. The van der Waals surface area contributed by atoms with Gasteiger partial charge in [0, 0.05) is 11.1 Å². The highest BCUT2D eigenvalue weighted by Crippen LogP contribution is 2.45. The first-order valence-corrected chi connectivity index (χ1v) is 10.9. The van der Waals surface area contributed by atoms with Crippen LogP contribution in [0.15, 0.2) is 59.1 Å². The van der Waals surface area contributed by atoms with E-state index in [1.165, 1.54) is 19.1 Å². The number of esters is 1. The normalized spacial score (nSPS) is 23.2. The molecule has 0 radical (unpaired) electrons. The van der Waals surface area contributed by atoms with E-state index in [1.807, 2.05) is 0 Å². The number of anilines is 1. The minimum Gasteiger partial charge on any atom is -0.506 e. The van der Waals surface area contributed by atoms with Crippen molar-refractivity contribution in [3.05, 3.63) is 70.8 Å². The third-order valence-electron chi connectivity index (χ3n) is 6.37. The number of hydrogen-bond donors (Lipinski definition) is 1. The van der Waals surface area contributed by atoms with Crippen LogP contribution in [-0.4, -0.2) is 47.0 Å². The summed E-state index contributed by atoms with van der Waals surface area (Å²) in [4.78, 5) is 57.5. The van der Waals surface area contributed by atoms with Crippen LogP contribution in [0.3, 0.4) is 0 Å². The molecule has 1 aliphatic carbocycles. The number of amides is 2. The van der Waals surface area contributed by atoms with Gasteiger partial charge in [0.2, 0.25) is 11.8 Å². The van der Waals surface area contributed by atoms with Gasteiger partial charge < -0.3 is 9.84 Å². The summed E-state index contributed by atoms with van der Waals surface area (Å²) in [7, 11) is 0. The minimum absolute atomic E-state index is 0.0601. The molecule has 3 aliphatic rings. The lowest BCUT2D eigenvalue weighted by molar-refractivity contribution is -0.147. The van der Waals surface area contributed by atoms with Crippen LogP contribution in [0.4, 0.5) is 18.9 Å². The second-order valence-electron chi connectivity index (χ2n) is 8.37. The summed E-state index contributed by atoms with van der Waals surface area (Å²) in [5.74, 6) is -6.88. The van der Waals surface area contributed by atoms with Crippen LogP contribution in [-0.2, 0) is 25.3 Å². The number of carbonyl (C=O) groups is 4. The van der Waals surface area contributed by atoms with Crippen molar-refractivity contribution in [2.45, 2.75) is 19.1 Å². The highest BCUT2D eigenvalue weighted by atomic mass is 19.4. The van der Waals surface area contributed by atoms with Crippen molar-refractivity contribution in [2.75, 3.05) is 11.5 Å². The number of aliphatic hydroxyl groups excluding tert-OH is 1. The Labute approximate surface area is 201 Å². The van der Waals surface area contributed by atoms with Crippen molar-refractivity contribution < 1.29 is 42.2 Å².